The molecule has 1 heterocycles. The average Bonchev–Trinajstić information content (AvgIpc) is 2.52. The summed E-state index contributed by atoms with van der Waals surface area (Å²) in [6, 6.07) is 7.08. The Kier molecular flexibility index (Phi) is 2.32. The van der Waals surface area contributed by atoms with Gasteiger partial charge in [0.15, 0.2) is 0 Å². The lowest BCUT2D eigenvalue weighted by atomic mass is 9.90. The minimum absolute atomic E-state index is 0.0666. The van der Waals surface area contributed by atoms with Gasteiger partial charge in [0, 0.05) is 12.5 Å². The summed E-state index contributed by atoms with van der Waals surface area (Å²) in [6.45, 7) is 4.07. The molecule has 0 unspecified atom stereocenters. The Hall–Kier alpha value is -0.890. The fourth-order valence-corrected chi connectivity index (χ4v) is 2.00. The van der Waals surface area contributed by atoms with E-state index in [0.29, 0.717) is 11.8 Å². The summed E-state index contributed by atoms with van der Waals surface area (Å²) < 4.78 is 13.4. The number of halogens is 1. The topological polar surface area (TPSA) is 12.0 Å². The maximum atomic E-state index is 13.4. The Morgan fingerprint density at radius 3 is 2.69 bits per heavy atom. The van der Waals surface area contributed by atoms with Crippen molar-refractivity contribution in [1.29, 1.82) is 0 Å². The predicted octanol–water partition coefficient (Wildman–Crippen LogP) is 2.15. The number of benzene rings is 1. The van der Waals surface area contributed by atoms with Crippen molar-refractivity contribution < 1.29 is 4.39 Å². The first-order chi connectivity index (χ1) is 6.29. The van der Waals surface area contributed by atoms with E-state index in [2.05, 4.69) is 12.2 Å². The van der Waals surface area contributed by atoms with Crippen molar-refractivity contribution in [2.75, 3.05) is 13.1 Å². The van der Waals surface area contributed by atoms with Crippen molar-refractivity contribution in [3.63, 3.8) is 0 Å². The van der Waals surface area contributed by atoms with E-state index >= 15 is 0 Å². The Balaban J connectivity index is 2.29. The van der Waals surface area contributed by atoms with Crippen molar-refractivity contribution in [2.45, 2.75) is 12.8 Å². The van der Waals surface area contributed by atoms with E-state index in [9.17, 15) is 4.39 Å². The van der Waals surface area contributed by atoms with Gasteiger partial charge < -0.3 is 5.32 Å². The van der Waals surface area contributed by atoms with Crippen LogP contribution in [0.4, 0.5) is 4.39 Å². The summed E-state index contributed by atoms with van der Waals surface area (Å²) in [5, 5.41) is 3.28. The van der Waals surface area contributed by atoms with Crippen LogP contribution < -0.4 is 5.32 Å². The molecule has 1 aliphatic rings. The first-order valence-corrected chi connectivity index (χ1v) is 4.74. The molecule has 1 aromatic carbocycles. The van der Waals surface area contributed by atoms with Crippen molar-refractivity contribution in [3.8, 4) is 0 Å². The van der Waals surface area contributed by atoms with Gasteiger partial charge in [0.25, 0.3) is 0 Å². The molecule has 1 aliphatic heterocycles. The second-order valence-electron chi connectivity index (χ2n) is 3.76. The fourth-order valence-electron chi connectivity index (χ4n) is 2.00. The molecular weight excluding hydrogens is 165 g/mol. The molecule has 0 aliphatic carbocycles. The zero-order valence-corrected chi connectivity index (χ0v) is 7.76. The standard InChI is InChI=1S/C11H14FN/c1-8-6-13-7-10(8)9-4-2-3-5-11(9)12/h2-5,8,10,13H,6-7H2,1H3/t8-,10-/m0/s1. The van der Waals surface area contributed by atoms with E-state index in [0.717, 1.165) is 18.7 Å². The molecule has 1 nitrogen and oxygen atoms in total. The highest BCUT2D eigenvalue weighted by Gasteiger charge is 2.26. The molecule has 2 rings (SSSR count). The Morgan fingerprint density at radius 2 is 2.08 bits per heavy atom. The number of nitrogens with one attached hydrogen (secondary N) is 1. The molecule has 0 amide bonds. The third-order valence-electron chi connectivity index (χ3n) is 2.82. The quantitative estimate of drug-likeness (QED) is 0.696. The first-order valence-electron chi connectivity index (χ1n) is 4.74. The predicted molar refractivity (Wildman–Crippen MR) is 51.2 cm³/mol. The van der Waals surface area contributed by atoms with Crippen LogP contribution in [0.1, 0.15) is 18.4 Å². The second kappa shape index (κ2) is 3.46. The van der Waals surface area contributed by atoms with Gasteiger partial charge in [0.1, 0.15) is 5.82 Å². The summed E-state index contributed by atoms with van der Waals surface area (Å²) in [5.41, 5.74) is 0.861. The zero-order chi connectivity index (χ0) is 9.26. The highest BCUT2D eigenvalue weighted by molar-refractivity contribution is 5.23. The Morgan fingerprint density at radius 1 is 1.31 bits per heavy atom. The van der Waals surface area contributed by atoms with Crippen LogP contribution in [-0.4, -0.2) is 13.1 Å². The van der Waals surface area contributed by atoms with Crippen molar-refractivity contribution in [2.24, 2.45) is 5.92 Å². The third-order valence-corrected chi connectivity index (χ3v) is 2.82. The van der Waals surface area contributed by atoms with Crippen LogP contribution in [0.25, 0.3) is 0 Å². The van der Waals surface area contributed by atoms with Crippen LogP contribution >= 0.6 is 0 Å². The molecule has 1 saturated heterocycles. The SMILES string of the molecule is C[C@H]1CNC[C@@H]1c1ccccc1F. The molecule has 0 radical (unpaired) electrons. The second-order valence-corrected chi connectivity index (χ2v) is 3.76. The molecule has 2 atom stereocenters. The van der Waals surface area contributed by atoms with Crippen molar-refractivity contribution in [1.82, 2.24) is 5.32 Å². The van der Waals surface area contributed by atoms with Crippen LogP contribution in [0.5, 0.6) is 0 Å². The lowest BCUT2D eigenvalue weighted by Gasteiger charge is -2.14. The molecule has 1 fully saturated rings. The van der Waals surface area contributed by atoms with E-state index in [1.54, 1.807) is 12.1 Å². The lowest BCUT2D eigenvalue weighted by Crippen LogP contribution is -2.09. The number of hydrogen-bond donors (Lipinski definition) is 1. The van der Waals surface area contributed by atoms with Gasteiger partial charge in [0.2, 0.25) is 0 Å². The Labute approximate surface area is 78.0 Å². The van der Waals surface area contributed by atoms with Gasteiger partial charge in [-0.2, -0.15) is 0 Å². The van der Waals surface area contributed by atoms with Crippen LogP contribution in [0.15, 0.2) is 24.3 Å². The molecule has 0 bridgehead atoms. The summed E-state index contributed by atoms with van der Waals surface area (Å²) in [5.74, 6) is 0.821. The maximum Gasteiger partial charge on any atom is 0.126 e. The van der Waals surface area contributed by atoms with Gasteiger partial charge in [0.05, 0.1) is 0 Å². The largest absolute Gasteiger partial charge is 0.316 e. The molecule has 1 aromatic rings. The highest BCUT2D eigenvalue weighted by atomic mass is 19.1. The van der Waals surface area contributed by atoms with Crippen LogP contribution in [0, 0.1) is 11.7 Å². The molecule has 2 heteroatoms. The lowest BCUT2D eigenvalue weighted by molar-refractivity contribution is 0.528. The molecule has 0 saturated carbocycles. The first kappa shape index (κ1) is 8.70. The average molecular weight is 179 g/mol. The molecule has 0 aromatic heterocycles. The summed E-state index contributed by atoms with van der Waals surface area (Å²) in [4.78, 5) is 0. The smallest absolute Gasteiger partial charge is 0.126 e. The molecule has 13 heavy (non-hydrogen) atoms. The molecule has 0 spiro atoms. The van der Waals surface area contributed by atoms with Crippen LogP contribution in [0.3, 0.4) is 0 Å². The number of hydrogen-bond acceptors (Lipinski definition) is 1. The van der Waals surface area contributed by atoms with Crippen molar-refractivity contribution in [3.05, 3.63) is 35.6 Å². The normalized spacial score (nSPS) is 27.8. The Bertz CT molecular complexity index is 298. The van der Waals surface area contributed by atoms with E-state index in [-0.39, 0.29) is 5.82 Å². The van der Waals surface area contributed by atoms with Crippen LogP contribution in [0.2, 0.25) is 0 Å². The molecule has 70 valence electrons. The molecular formula is C11H14FN. The minimum atomic E-state index is -0.0666. The van der Waals surface area contributed by atoms with E-state index in [4.69, 9.17) is 0 Å². The third kappa shape index (κ3) is 1.59. The summed E-state index contributed by atoms with van der Waals surface area (Å²) in [6.07, 6.45) is 0. The van der Waals surface area contributed by atoms with Gasteiger partial charge in [-0.15, -0.1) is 0 Å². The zero-order valence-electron chi connectivity index (χ0n) is 7.76. The van der Waals surface area contributed by atoms with Gasteiger partial charge >= 0.3 is 0 Å². The van der Waals surface area contributed by atoms with Crippen molar-refractivity contribution >= 4 is 0 Å². The van der Waals surface area contributed by atoms with E-state index in [1.807, 2.05) is 12.1 Å². The summed E-state index contributed by atoms with van der Waals surface area (Å²) >= 11 is 0. The van der Waals surface area contributed by atoms with Gasteiger partial charge in [-0.3, -0.25) is 0 Å². The molecule has 1 N–H and O–H groups in total. The van der Waals surface area contributed by atoms with Gasteiger partial charge in [-0.05, 0) is 24.1 Å². The van der Waals surface area contributed by atoms with Gasteiger partial charge in [-0.1, -0.05) is 25.1 Å². The minimum Gasteiger partial charge on any atom is -0.316 e. The van der Waals surface area contributed by atoms with Crippen LogP contribution in [-0.2, 0) is 0 Å². The van der Waals surface area contributed by atoms with E-state index in [1.165, 1.54) is 0 Å². The van der Waals surface area contributed by atoms with Gasteiger partial charge in [-0.25, -0.2) is 4.39 Å². The summed E-state index contributed by atoms with van der Waals surface area (Å²) in [7, 11) is 0. The maximum absolute atomic E-state index is 13.4. The number of rotatable bonds is 1. The monoisotopic (exact) mass is 179 g/mol. The fraction of sp³-hybridized carbons (Fsp3) is 0.455. The highest BCUT2D eigenvalue weighted by Crippen LogP contribution is 2.28. The van der Waals surface area contributed by atoms with E-state index < -0.39 is 0 Å².